The maximum atomic E-state index is 12.4. The summed E-state index contributed by atoms with van der Waals surface area (Å²) in [6.07, 6.45) is 2.88. The number of nitrogens with one attached hydrogen (secondary N) is 2. The molecule has 0 atom stereocenters. The summed E-state index contributed by atoms with van der Waals surface area (Å²) in [5, 5.41) is 9.04. The van der Waals surface area contributed by atoms with Crippen LogP contribution in [0.15, 0.2) is 106 Å². The first-order valence-electron chi connectivity index (χ1n) is 12.2. The largest absolute Gasteiger partial charge is 0.457 e. The predicted molar refractivity (Wildman–Crippen MR) is 165 cm³/mol. The fourth-order valence-electron chi connectivity index (χ4n) is 4.22. The number of amides is 1. The van der Waals surface area contributed by atoms with Crippen molar-refractivity contribution < 1.29 is 13.6 Å². The molecule has 0 saturated heterocycles. The van der Waals surface area contributed by atoms with Crippen molar-refractivity contribution in [2.75, 3.05) is 5.32 Å². The molecular formula is C31H19Cl2N3O3S. The van der Waals surface area contributed by atoms with Crippen LogP contribution in [-0.2, 0) is 4.79 Å². The fraction of sp³-hybridized carbons (Fsp3) is 0. The normalized spacial score (nSPS) is 11.3. The molecule has 1 amide bonds. The Labute approximate surface area is 244 Å². The molecule has 0 saturated carbocycles. The Morgan fingerprint density at radius 2 is 1.62 bits per heavy atom. The highest BCUT2D eigenvalue weighted by Gasteiger charge is 2.11. The maximum Gasteiger partial charge on any atom is 0.250 e. The number of thiocarbonyl (C=S) groups is 1. The lowest BCUT2D eigenvalue weighted by atomic mass is 10.1. The van der Waals surface area contributed by atoms with Gasteiger partial charge >= 0.3 is 0 Å². The van der Waals surface area contributed by atoms with Crippen molar-refractivity contribution in [3.05, 3.63) is 113 Å². The molecular weight excluding hydrogens is 565 g/mol. The molecule has 40 heavy (non-hydrogen) atoms. The van der Waals surface area contributed by atoms with E-state index in [1.807, 2.05) is 36.4 Å². The summed E-state index contributed by atoms with van der Waals surface area (Å²) in [6, 6.07) is 28.3. The van der Waals surface area contributed by atoms with Crippen molar-refractivity contribution in [3.8, 4) is 22.8 Å². The minimum Gasteiger partial charge on any atom is -0.457 e. The molecule has 0 bridgehead atoms. The first-order chi connectivity index (χ1) is 19.4. The van der Waals surface area contributed by atoms with E-state index in [9.17, 15) is 4.79 Å². The first-order valence-corrected chi connectivity index (χ1v) is 13.3. The molecule has 6 nitrogen and oxygen atoms in total. The zero-order valence-corrected chi connectivity index (χ0v) is 23.0. The molecule has 0 aliphatic heterocycles. The summed E-state index contributed by atoms with van der Waals surface area (Å²) < 4.78 is 11.7. The van der Waals surface area contributed by atoms with Gasteiger partial charge in [0.15, 0.2) is 10.7 Å². The van der Waals surface area contributed by atoms with Gasteiger partial charge in [-0.2, -0.15) is 0 Å². The van der Waals surface area contributed by atoms with Gasteiger partial charge in [-0.05, 0) is 89.7 Å². The van der Waals surface area contributed by atoms with Gasteiger partial charge in [0.25, 0.3) is 0 Å². The van der Waals surface area contributed by atoms with E-state index in [0.29, 0.717) is 44.2 Å². The number of hydrogen-bond donors (Lipinski definition) is 2. The van der Waals surface area contributed by atoms with E-state index < -0.39 is 5.91 Å². The number of halogens is 2. The molecule has 0 aliphatic carbocycles. The van der Waals surface area contributed by atoms with E-state index in [-0.39, 0.29) is 5.11 Å². The van der Waals surface area contributed by atoms with Gasteiger partial charge in [-0.25, -0.2) is 4.98 Å². The summed E-state index contributed by atoms with van der Waals surface area (Å²) in [5.41, 5.74) is 3.59. The van der Waals surface area contributed by atoms with Crippen molar-refractivity contribution in [1.29, 1.82) is 0 Å². The Balaban J connectivity index is 1.09. The molecule has 2 aromatic heterocycles. The standard InChI is InChI=1S/C31H19Cl2N3O3S/c32-22-14-21(15-23(33)16-22)27-11-8-25(38-27)9-12-29(37)36-31(40)34-24-7-10-28-26(17-24)35-30(39-28)20-6-5-18-3-1-2-4-19(18)13-20/h1-17H,(H2,34,36,37,40)/b12-9+. The maximum absolute atomic E-state index is 12.4. The van der Waals surface area contributed by atoms with Crippen LogP contribution < -0.4 is 10.6 Å². The van der Waals surface area contributed by atoms with Crippen LogP contribution in [0.4, 0.5) is 5.69 Å². The highest BCUT2D eigenvalue weighted by molar-refractivity contribution is 7.80. The van der Waals surface area contributed by atoms with Gasteiger partial charge in [-0.3, -0.25) is 10.1 Å². The lowest BCUT2D eigenvalue weighted by Crippen LogP contribution is -2.32. The van der Waals surface area contributed by atoms with Gasteiger partial charge in [0.2, 0.25) is 11.8 Å². The van der Waals surface area contributed by atoms with Gasteiger partial charge in [-0.1, -0.05) is 53.5 Å². The number of carbonyl (C=O) groups is 1. The fourth-order valence-corrected chi connectivity index (χ4v) is 4.96. The van der Waals surface area contributed by atoms with Crippen LogP contribution in [0.1, 0.15) is 5.76 Å². The van der Waals surface area contributed by atoms with Crippen LogP contribution in [0.5, 0.6) is 0 Å². The third kappa shape index (κ3) is 5.77. The molecule has 0 fully saturated rings. The van der Waals surface area contributed by atoms with Crippen molar-refractivity contribution >= 4 is 80.1 Å². The number of hydrogen-bond acceptors (Lipinski definition) is 5. The Bertz CT molecular complexity index is 1920. The van der Waals surface area contributed by atoms with E-state index in [0.717, 1.165) is 21.9 Å². The monoisotopic (exact) mass is 583 g/mol. The van der Waals surface area contributed by atoms with Crippen LogP contribution in [0.2, 0.25) is 10.0 Å². The van der Waals surface area contributed by atoms with E-state index in [1.54, 1.807) is 48.5 Å². The van der Waals surface area contributed by atoms with E-state index >= 15 is 0 Å². The van der Waals surface area contributed by atoms with E-state index in [4.69, 9.17) is 44.3 Å². The van der Waals surface area contributed by atoms with Crippen molar-refractivity contribution in [2.45, 2.75) is 0 Å². The topological polar surface area (TPSA) is 80.3 Å². The zero-order chi connectivity index (χ0) is 27.6. The number of oxazole rings is 1. The third-order valence-corrected chi connectivity index (χ3v) is 6.69. The number of carbonyl (C=O) groups excluding carboxylic acids is 1. The van der Waals surface area contributed by atoms with E-state index in [2.05, 4.69) is 27.8 Å². The average Bonchev–Trinajstić information content (AvgIpc) is 3.58. The summed E-state index contributed by atoms with van der Waals surface area (Å²) in [5.74, 6) is 1.17. The molecule has 6 aromatic rings. The quantitative estimate of drug-likeness (QED) is 0.156. The highest BCUT2D eigenvalue weighted by Crippen LogP contribution is 2.30. The number of rotatable bonds is 5. The van der Waals surface area contributed by atoms with Crippen LogP contribution in [-0.4, -0.2) is 16.0 Å². The second kappa shape index (κ2) is 11.0. The molecule has 4 aromatic carbocycles. The molecule has 0 aliphatic rings. The van der Waals surface area contributed by atoms with Gasteiger partial charge in [0, 0.05) is 32.9 Å². The SMILES string of the molecule is O=C(/C=C/c1ccc(-c2cc(Cl)cc(Cl)c2)o1)NC(=S)Nc1ccc2oc(-c3ccc4ccccc4c3)nc2c1. The van der Waals surface area contributed by atoms with Gasteiger partial charge < -0.3 is 14.2 Å². The third-order valence-electron chi connectivity index (χ3n) is 6.05. The van der Waals surface area contributed by atoms with Crippen LogP contribution in [0.3, 0.4) is 0 Å². The first kappa shape index (κ1) is 25.8. The smallest absolute Gasteiger partial charge is 0.250 e. The summed E-state index contributed by atoms with van der Waals surface area (Å²) >= 11 is 17.5. The number of nitrogens with zero attached hydrogens (tertiary/aromatic N) is 1. The van der Waals surface area contributed by atoms with Gasteiger partial charge in [0.1, 0.15) is 17.0 Å². The van der Waals surface area contributed by atoms with Gasteiger partial charge in [0.05, 0.1) is 0 Å². The van der Waals surface area contributed by atoms with Crippen molar-refractivity contribution in [2.24, 2.45) is 0 Å². The highest BCUT2D eigenvalue weighted by atomic mass is 35.5. The van der Waals surface area contributed by atoms with Crippen molar-refractivity contribution in [3.63, 3.8) is 0 Å². The Hall–Kier alpha value is -4.43. The van der Waals surface area contributed by atoms with E-state index in [1.165, 1.54) is 6.08 Å². The van der Waals surface area contributed by atoms with Crippen LogP contribution in [0, 0.1) is 0 Å². The average molecular weight is 584 g/mol. The minimum atomic E-state index is -0.414. The lowest BCUT2D eigenvalue weighted by molar-refractivity contribution is -0.115. The Morgan fingerprint density at radius 3 is 2.45 bits per heavy atom. The molecule has 196 valence electrons. The second-order valence-electron chi connectivity index (χ2n) is 8.90. The number of fused-ring (bicyclic) bond motifs is 2. The number of anilines is 1. The van der Waals surface area contributed by atoms with Crippen LogP contribution >= 0.6 is 35.4 Å². The summed E-state index contributed by atoms with van der Waals surface area (Å²) in [4.78, 5) is 17.1. The second-order valence-corrected chi connectivity index (χ2v) is 10.2. The minimum absolute atomic E-state index is 0.140. The Morgan fingerprint density at radius 1 is 0.825 bits per heavy atom. The number of aromatic nitrogens is 1. The zero-order valence-electron chi connectivity index (χ0n) is 20.7. The molecule has 6 rings (SSSR count). The molecule has 0 unspecified atom stereocenters. The number of benzene rings is 4. The Kier molecular flexibility index (Phi) is 7.09. The van der Waals surface area contributed by atoms with Crippen molar-refractivity contribution in [1.82, 2.24) is 10.3 Å². The molecule has 2 heterocycles. The summed E-state index contributed by atoms with van der Waals surface area (Å²) in [6.45, 7) is 0. The molecule has 0 spiro atoms. The number of furan rings is 1. The lowest BCUT2D eigenvalue weighted by Gasteiger charge is -2.07. The molecule has 2 N–H and O–H groups in total. The predicted octanol–water partition coefficient (Wildman–Crippen LogP) is 8.74. The van der Waals surface area contributed by atoms with Crippen LogP contribution in [0.25, 0.3) is 50.7 Å². The molecule has 9 heteroatoms. The molecule has 0 radical (unpaired) electrons. The van der Waals surface area contributed by atoms with Gasteiger partial charge in [-0.15, -0.1) is 0 Å². The summed E-state index contributed by atoms with van der Waals surface area (Å²) in [7, 11) is 0.